The van der Waals surface area contributed by atoms with Crippen molar-refractivity contribution >= 4 is 17.9 Å². The van der Waals surface area contributed by atoms with E-state index in [0.29, 0.717) is 0 Å². The molecule has 0 heterocycles. The lowest BCUT2D eigenvalue weighted by Gasteiger charge is -2.24. The maximum absolute atomic E-state index is 11.5. The first kappa shape index (κ1) is 22.0. The van der Waals surface area contributed by atoms with Crippen LogP contribution in [0.4, 0.5) is 0 Å². The van der Waals surface area contributed by atoms with Gasteiger partial charge in [-0.2, -0.15) is 0 Å². The zero-order chi connectivity index (χ0) is 19.8. The molecule has 0 aromatic carbocycles. The van der Waals surface area contributed by atoms with Crippen molar-refractivity contribution < 1.29 is 33.5 Å². The molecule has 0 amide bonds. The Balaban J connectivity index is 5.39. The van der Waals surface area contributed by atoms with Gasteiger partial charge in [-0.05, 0) is 20.8 Å². The van der Waals surface area contributed by atoms with Crippen LogP contribution in [0.25, 0.3) is 0 Å². The summed E-state index contributed by atoms with van der Waals surface area (Å²) in [5.74, 6) is -2.61. The SMILES string of the molecule is C=C(C)C(=O)OCC(COC(=O)C(=C)C)(COC(=O)C(=C)C)[N+](=O)[O-]. The fourth-order valence-corrected chi connectivity index (χ4v) is 1.25. The van der Waals surface area contributed by atoms with Crippen LogP contribution in [-0.2, 0) is 28.6 Å². The fourth-order valence-electron chi connectivity index (χ4n) is 1.25. The summed E-state index contributed by atoms with van der Waals surface area (Å²) < 4.78 is 14.4. The van der Waals surface area contributed by atoms with Crippen molar-refractivity contribution in [2.45, 2.75) is 26.3 Å². The van der Waals surface area contributed by atoms with Gasteiger partial charge in [-0.1, -0.05) is 19.7 Å². The largest absolute Gasteiger partial charge is 0.454 e. The molecule has 0 aliphatic rings. The summed E-state index contributed by atoms with van der Waals surface area (Å²) in [6.07, 6.45) is 0. The molecular formula is C16H21NO8. The Labute approximate surface area is 145 Å². The molecule has 0 unspecified atom stereocenters. The minimum absolute atomic E-state index is 0.0232. The monoisotopic (exact) mass is 355 g/mol. The highest BCUT2D eigenvalue weighted by molar-refractivity contribution is 5.88. The second-order valence-electron chi connectivity index (χ2n) is 5.55. The zero-order valence-corrected chi connectivity index (χ0v) is 14.5. The van der Waals surface area contributed by atoms with Gasteiger partial charge in [-0.15, -0.1) is 0 Å². The van der Waals surface area contributed by atoms with Crippen molar-refractivity contribution in [2.75, 3.05) is 19.8 Å². The number of hydrogen-bond donors (Lipinski definition) is 0. The van der Waals surface area contributed by atoms with E-state index in [2.05, 4.69) is 19.7 Å². The van der Waals surface area contributed by atoms with E-state index in [0.717, 1.165) is 0 Å². The molecule has 0 aromatic heterocycles. The van der Waals surface area contributed by atoms with E-state index in [-0.39, 0.29) is 16.7 Å². The Bertz CT molecular complexity index is 546. The van der Waals surface area contributed by atoms with Gasteiger partial charge in [-0.3, -0.25) is 10.1 Å². The highest BCUT2D eigenvalue weighted by atomic mass is 16.7. The average Bonchev–Trinajstić information content (AvgIpc) is 2.52. The van der Waals surface area contributed by atoms with Gasteiger partial charge >= 0.3 is 23.4 Å². The first-order chi connectivity index (χ1) is 11.4. The maximum Gasteiger partial charge on any atom is 0.333 e. The molecule has 0 aliphatic carbocycles. The Hall–Kier alpha value is -2.97. The number of ether oxygens (including phenoxy) is 3. The first-order valence-electron chi connectivity index (χ1n) is 7.05. The Morgan fingerprint density at radius 2 is 1.04 bits per heavy atom. The number of carbonyl (C=O) groups is 3. The summed E-state index contributed by atoms with van der Waals surface area (Å²) in [5.41, 5.74) is -2.11. The third-order valence-electron chi connectivity index (χ3n) is 2.85. The Morgan fingerprint density at radius 1 is 0.800 bits per heavy atom. The lowest BCUT2D eigenvalue weighted by molar-refractivity contribution is -0.579. The number of carbonyl (C=O) groups excluding carboxylic acids is 3. The zero-order valence-electron chi connectivity index (χ0n) is 14.5. The van der Waals surface area contributed by atoms with Gasteiger partial charge in [0.15, 0.2) is 19.8 Å². The summed E-state index contributed by atoms with van der Waals surface area (Å²) in [4.78, 5) is 45.2. The standard InChI is InChI=1S/C16H21NO8/c1-10(2)13(18)23-7-16(17(21)22,8-24-14(19)11(3)4)9-25-15(20)12(5)6/h1,3,5,7-9H2,2,4,6H3. The van der Waals surface area contributed by atoms with E-state index in [9.17, 15) is 24.5 Å². The molecule has 0 spiro atoms. The molecule has 138 valence electrons. The highest BCUT2D eigenvalue weighted by Gasteiger charge is 2.48. The van der Waals surface area contributed by atoms with Crippen molar-refractivity contribution in [1.29, 1.82) is 0 Å². The lowest BCUT2D eigenvalue weighted by atomic mass is 10.0. The summed E-state index contributed by atoms with van der Waals surface area (Å²) >= 11 is 0. The molecule has 25 heavy (non-hydrogen) atoms. The van der Waals surface area contributed by atoms with Gasteiger partial charge < -0.3 is 14.2 Å². The van der Waals surface area contributed by atoms with Crippen molar-refractivity contribution in [3.8, 4) is 0 Å². The van der Waals surface area contributed by atoms with Gasteiger partial charge in [0.05, 0.1) is 0 Å². The maximum atomic E-state index is 11.5. The van der Waals surface area contributed by atoms with Gasteiger partial charge in [0, 0.05) is 21.6 Å². The number of esters is 3. The number of nitro groups is 1. The molecule has 0 bridgehead atoms. The third-order valence-corrected chi connectivity index (χ3v) is 2.85. The molecule has 0 aromatic rings. The van der Waals surface area contributed by atoms with Crippen LogP contribution in [0.1, 0.15) is 20.8 Å². The molecule has 0 rings (SSSR count). The third kappa shape index (κ3) is 6.98. The van der Waals surface area contributed by atoms with Crippen LogP contribution in [0.3, 0.4) is 0 Å². The Morgan fingerprint density at radius 3 is 1.20 bits per heavy atom. The van der Waals surface area contributed by atoms with E-state index in [1.165, 1.54) is 20.8 Å². The number of rotatable bonds is 10. The summed E-state index contributed by atoms with van der Waals surface area (Å²) in [6.45, 7) is 11.8. The minimum Gasteiger partial charge on any atom is -0.454 e. The molecule has 0 atom stereocenters. The average molecular weight is 355 g/mol. The van der Waals surface area contributed by atoms with Crippen LogP contribution in [0.5, 0.6) is 0 Å². The summed E-state index contributed by atoms with van der Waals surface area (Å²) in [5, 5.41) is 11.5. The topological polar surface area (TPSA) is 122 Å². The van der Waals surface area contributed by atoms with Crippen LogP contribution in [0.2, 0.25) is 0 Å². The quantitative estimate of drug-likeness (QED) is 0.189. The fraction of sp³-hybridized carbons (Fsp3) is 0.438. The van der Waals surface area contributed by atoms with Gasteiger partial charge in [0.2, 0.25) is 0 Å². The van der Waals surface area contributed by atoms with Crippen LogP contribution in [-0.4, -0.2) is 48.2 Å². The molecule has 0 saturated heterocycles. The number of nitrogens with zero attached hydrogens (tertiary/aromatic N) is 1. The van der Waals surface area contributed by atoms with Crippen molar-refractivity contribution in [1.82, 2.24) is 0 Å². The van der Waals surface area contributed by atoms with Crippen LogP contribution in [0, 0.1) is 10.1 Å². The first-order valence-corrected chi connectivity index (χ1v) is 7.05. The summed E-state index contributed by atoms with van der Waals surface area (Å²) in [6, 6.07) is 0. The second-order valence-corrected chi connectivity index (χ2v) is 5.55. The molecule has 0 fully saturated rings. The van der Waals surface area contributed by atoms with Gasteiger partial charge in [-0.25, -0.2) is 14.4 Å². The van der Waals surface area contributed by atoms with Crippen LogP contribution < -0.4 is 0 Å². The molecule has 0 radical (unpaired) electrons. The van der Waals surface area contributed by atoms with Crippen molar-refractivity contribution in [2.24, 2.45) is 0 Å². The van der Waals surface area contributed by atoms with Gasteiger partial charge in [0.25, 0.3) is 0 Å². The van der Waals surface area contributed by atoms with Gasteiger partial charge in [0.1, 0.15) is 0 Å². The highest BCUT2D eigenvalue weighted by Crippen LogP contribution is 2.16. The molecule has 0 aliphatic heterocycles. The predicted octanol–water partition coefficient (Wildman–Crippen LogP) is 1.36. The normalized spacial score (nSPS) is 10.4. The van der Waals surface area contributed by atoms with Crippen molar-refractivity contribution in [3.63, 3.8) is 0 Å². The minimum atomic E-state index is -2.18. The van der Waals surface area contributed by atoms with Crippen molar-refractivity contribution in [3.05, 3.63) is 46.6 Å². The van der Waals surface area contributed by atoms with E-state index in [1.54, 1.807) is 0 Å². The van der Waals surface area contributed by atoms with E-state index in [1.807, 2.05) is 0 Å². The smallest absolute Gasteiger partial charge is 0.333 e. The summed E-state index contributed by atoms with van der Waals surface area (Å²) in [7, 11) is 0. The van der Waals surface area contributed by atoms with E-state index >= 15 is 0 Å². The molecular weight excluding hydrogens is 334 g/mol. The number of hydrogen-bond acceptors (Lipinski definition) is 8. The molecule has 9 heteroatoms. The Kier molecular flexibility index (Phi) is 8.24. The molecule has 0 N–H and O–H groups in total. The molecule has 0 saturated carbocycles. The van der Waals surface area contributed by atoms with Crippen LogP contribution in [0.15, 0.2) is 36.5 Å². The van der Waals surface area contributed by atoms with Crippen LogP contribution >= 0.6 is 0 Å². The molecule has 9 nitrogen and oxygen atoms in total. The predicted molar refractivity (Wildman–Crippen MR) is 87.0 cm³/mol. The van der Waals surface area contributed by atoms with E-state index < -0.39 is 48.2 Å². The van der Waals surface area contributed by atoms with E-state index in [4.69, 9.17) is 14.2 Å². The lowest BCUT2D eigenvalue weighted by Crippen LogP contribution is -2.52. The second kappa shape index (κ2) is 9.36.